The van der Waals surface area contributed by atoms with Gasteiger partial charge in [0.15, 0.2) is 0 Å². The Balaban J connectivity index is 2.03. The average molecular weight is 561 g/mol. The molecule has 0 fully saturated rings. The molecule has 0 unspecified atom stereocenters. The number of carbonyl (C=O) groups is 2. The largest absolute Gasteiger partial charge is 0.465 e. The summed E-state index contributed by atoms with van der Waals surface area (Å²) in [6.45, 7) is 4.59. The third-order valence-electron chi connectivity index (χ3n) is 5.38. The molecule has 0 spiro atoms. The van der Waals surface area contributed by atoms with Crippen LogP contribution in [0, 0.1) is 10.6 Å². The number of methoxy groups -OCH3 is 2. The van der Waals surface area contributed by atoms with Gasteiger partial charge >= 0.3 is 11.9 Å². The summed E-state index contributed by atoms with van der Waals surface area (Å²) in [6.07, 6.45) is 2.91. The number of para-hydroxylation sites is 1. The fourth-order valence-electron chi connectivity index (χ4n) is 3.67. The van der Waals surface area contributed by atoms with Crippen LogP contribution in [0.5, 0.6) is 0 Å². The first kappa shape index (κ1) is 24.8. The molecule has 33 heavy (non-hydrogen) atoms. The molecule has 1 aromatic heterocycles. The lowest BCUT2D eigenvalue weighted by atomic mass is 10.1. The number of hydrogen-bond acceptors (Lipinski definition) is 6. The van der Waals surface area contributed by atoms with E-state index in [2.05, 4.69) is 39.4 Å². The molecular weight excluding hydrogens is 533 g/mol. The van der Waals surface area contributed by atoms with E-state index in [0.717, 1.165) is 45.7 Å². The van der Waals surface area contributed by atoms with E-state index >= 15 is 0 Å². The summed E-state index contributed by atoms with van der Waals surface area (Å²) >= 11 is 2.25. The number of hydrogen-bond donors (Lipinski definition) is 1. The number of carbonyl (C=O) groups excluding carboxylic acids is 2. The van der Waals surface area contributed by atoms with Crippen LogP contribution in [0.2, 0.25) is 0 Å². The van der Waals surface area contributed by atoms with Crippen LogP contribution in [0.3, 0.4) is 0 Å². The highest BCUT2D eigenvalue weighted by Crippen LogP contribution is 2.26. The highest BCUT2D eigenvalue weighted by molar-refractivity contribution is 14.1. The molecule has 0 aliphatic rings. The van der Waals surface area contributed by atoms with Crippen molar-refractivity contribution < 1.29 is 19.1 Å². The van der Waals surface area contributed by atoms with Crippen LogP contribution in [0.25, 0.3) is 5.69 Å². The summed E-state index contributed by atoms with van der Waals surface area (Å²) in [7, 11) is 2.75. The average Bonchev–Trinajstić information content (AvgIpc) is 3.14. The van der Waals surface area contributed by atoms with E-state index in [-0.39, 0.29) is 11.9 Å². The number of rotatable bonds is 9. The fraction of sp³-hybridized carbons (Fsp3) is 0.320. The topological polar surface area (TPSA) is 82.5 Å². The van der Waals surface area contributed by atoms with E-state index in [1.165, 1.54) is 14.2 Å². The van der Waals surface area contributed by atoms with Gasteiger partial charge in [0.1, 0.15) is 9.53 Å². The van der Waals surface area contributed by atoms with Crippen LogP contribution in [-0.2, 0) is 22.4 Å². The highest BCUT2D eigenvalue weighted by atomic mass is 127. The zero-order valence-electron chi connectivity index (χ0n) is 19.3. The van der Waals surface area contributed by atoms with Crippen LogP contribution >= 0.6 is 22.6 Å². The maximum absolute atomic E-state index is 12.2. The van der Waals surface area contributed by atoms with Gasteiger partial charge in [-0.15, -0.1) is 0 Å². The molecule has 0 atom stereocenters. The summed E-state index contributed by atoms with van der Waals surface area (Å²) in [5, 5.41) is 3.38. The van der Waals surface area contributed by atoms with Crippen molar-refractivity contribution in [3.63, 3.8) is 0 Å². The smallest absolute Gasteiger partial charge is 0.339 e. The normalized spacial score (nSPS) is 10.7. The Morgan fingerprint density at radius 1 is 1.09 bits per heavy atom. The first-order valence-corrected chi connectivity index (χ1v) is 11.9. The first-order valence-electron chi connectivity index (χ1n) is 10.8. The molecule has 174 valence electrons. The predicted molar refractivity (Wildman–Crippen MR) is 136 cm³/mol. The van der Waals surface area contributed by atoms with Gasteiger partial charge in [-0.3, -0.25) is 4.57 Å². The quantitative estimate of drug-likeness (QED) is 0.282. The zero-order chi connectivity index (χ0) is 24.0. The second-order valence-corrected chi connectivity index (χ2v) is 8.61. The van der Waals surface area contributed by atoms with Gasteiger partial charge < -0.3 is 14.8 Å². The Kier molecular flexibility index (Phi) is 8.49. The highest BCUT2D eigenvalue weighted by Gasteiger charge is 2.20. The molecule has 1 heterocycles. The van der Waals surface area contributed by atoms with E-state index in [4.69, 9.17) is 14.5 Å². The van der Waals surface area contributed by atoms with E-state index < -0.39 is 0 Å². The number of nitrogens with one attached hydrogen (secondary N) is 1. The van der Waals surface area contributed by atoms with E-state index in [0.29, 0.717) is 23.4 Å². The van der Waals surface area contributed by atoms with Crippen molar-refractivity contribution in [3.05, 3.63) is 74.4 Å². The first-order chi connectivity index (χ1) is 15.9. The Hall–Kier alpha value is -2.88. The molecule has 3 rings (SSSR count). The second kappa shape index (κ2) is 11.3. The minimum Gasteiger partial charge on any atom is -0.465 e. The van der Waals surface area contributed by atoms with Crippen LogP contribution in [-0.4, -0.2) is 35.7 Å². The molecule has 8 heteroatoms. The maximum atomic E-state index is 12.2. The van der Waals surface area contributed by atoms with Gasteiger partial charge in [-0.2, -0.15) is 0 Å². The molecule has 0 aliphatic heterocycles. The SMILES string of the molecule is CCCCc1nc(I)c(CNc2ccccc2C(=O)OC)n1-c1ccc(C(=O)OC)cc1C. The minimum absolute atomic E-state index is 0.364. The zero-order valence-corrected chi connectivity index (χ0v) is 21.4. The van der Waals surface area contributed by atoms with Gasteiger partial charge in [0.05, 0.1) is 43.3 Å². The van der Waals surface area contributed by atoms with Crippen LogP contribution in [0.15, 0.2) is 42.5 Å². The van der Waals surface area contributed by atoms with E-state index in [1.54, 1.807) is 18.2 Å². The molecule has 7 nitrogen and oxygen atoms in total. The molecule has 0 bridgehead atoms. The van der Waals surface area contributed by atoms with Crippen molar-refractivity contribution in [2.75, 3.05) is 19.5 Å². The van der Waals surface area contributed by atoms with Crippen LogP contribution < -0.4 is 5.32 Å². The van der Waals surface area contributed by atoms with Crippen molar-refractivity contribution in [3.8, 4) is 5.69 Å². The van der Waals surface area contributed by atoms with Crippen molar-refractivity contribution in [1.82, 2.24) is 9.55 Å². The number of imidazole rings is 1. The van der Waals surface area contributed by atoms with Gasteiger partial charge in [-0.25, -0.2) is 14.6 Å². The number of halogens is 1. The third kappa shape index (κ3) is 5.55. The molecule has 0 radical (unpaired) electrons. The summed E-state index contributed by atoms with van der Waals surface area (Å²) in [6, 6.07) is 12.8. The van der Waals surface area contributed by atoms with E-state index in [1.807, 2.05) is 31.2 Å². The monoisotopic (exact) mass is 561 g/mol. The molecule has 0 aliphatic carbocycles. The lowest BCUT2D eigenvalue weighted by Gasteiger charge is -2.17. The van der Waals surface area contributed by atoms with Gasteiger partial charge in [-0.1, -0.05) is 25.5 Å². The molecule has 0 amide bonds. The lowest BCUT2D eigenvalue weighted by molar-refractivity contribution is 0.0592. The summed E-state index contributed by atoms with van der Waals surface area (Å²) in [5.41, 5.74) is 4.57. The fourth-order valence-corrected chi connectivity index (χ4v) is 4.38. The summed E-state index contributed by atoms with van der Waals surface area (Å²) in [4.78, 5) is 29.0. The third-order valence-corrected chi connectivity index (χ3v) is 6.25. The van der Waals surface area contributed by atoms with Crippen molar-refractivity contribution in [2.24, 2.45) is 0 Å². The number of esters is 2. The van der Waals surface area contributed by atoms with Gasteiger partial charge in [0.2, 0.25) is 0 Å². The second-order valence-electron chi connectivity index (χ2n) is 7.59. The molecule has 0 saturated carbocycles. The lowest BCUT2D eigenvalue weighted by Crippen LogP contribution is -2.13. The molecule has 1 N–H and O–H groups in total. The van der Waals surface area contributed by atoms with Crippen LogP contribution in [0.1, 0.15) is 57.6 Å². The Labute approximate surface area is 207 Å². The Morgan fingerprint density at radius 3 is 2.48 bits per heavy atom. The van der Waals surface area contributed by atoms with Gasteiger partial charge in [0, 0.05) is 12.1 Å². The number of anilines is 1. The van der Waals surface area contributed by atoms with Crippen molar-refractivity contribution >= 4 is 40.2 Å². The van der Waals surface area contributed by atoms with E-state index in [9.17, 15) is 9.59 Å². The molecule has 2 aromatic carbocycles. The summed E-state index contributed by atoms with van der Waals surface area (Å²) < 4.78 is 12.8. The number of benzene rings is 2. The number of nitrogens with zero attached hydrogens (tertiary/aromatic N) is 2. The van der Waals surface area contributed by atoms with Crippen LogP contribution in [0.4, 0.5) is 5.69 Å². The standard InChI is InChI=1S/C25H28IN3O4/c1-5-6-11-22-28-23(26)21(15-27-19-10-8-7-9-18(19)25(31)33-4)29(22)20-13-12-17(14-16(20)2)24(30)32-3/h7-10,12-14,27H,5-6,11,15H2,1-4H3. The number of ether oxygens (including phenoxy) is 2. The molecular formula is C25H28IN3O4. The Bertz CT molecular complexity index is 1160. The van der Waals surface area contributed by atoms with Gasteiger partial charge in [0.25, 0.3) is 0 Å². The minimum atomic E-state index is -0.390. The number of aromatic nitrogens is 2. The Morgan fingerprint density at radius 2 is 1.82 bits per heavy atom. The number of aryl methyl sites for hydroxylation is 2. The predicted octanol–water partition coefficient (Wildman–Crippen LogP) is 5.31. The number of unbranched alkanes of at least 4 members (excludes halogenated alkanes) is 1. The molecule has 3 aromatic rings. The van der Waals surface area contributed by atoms with Gasteiger partial charge in [-0.05, 0) is 71.8 Å². The molecule has 0 saturated heterocycles. The van der Waals surface area contributed by atoms with Crippen molar-refractivity contribution in [1.29, 1.82) is 0 Å². The maximum Gasteiger partial charge on any atom is 0.339 e. The van der Waals surface area contributed by atoms with Crippen molar-refractivity contribution in [2.45, 2.75) is 39.7 Å². The summed E-state index contributed by atoms with van der Waals surface area (Å²) in [5.74, 6) is 0.213.